The summed E-state index contributed by atoms with van der Waals surface area (Å²) in [6.07, 6.45) is -0.808. The molecule has 4 rings (SSSR count). The molecule has 0 radical (unpaired) electrons. The lowest BCUT2D eigenvalue weighted by atomic mass is 9.84. The average Bonchev–Trinajstić information content (AvgIpc) is 3.30. The molecular weight excluding hydrogens is 424 g/mol. The average molecular weight is 453 g/mol. The summed E-state index contributed by atoms with van der Waals surface area (Å²) < 4.78 is 11.1. The van der Waals surface area contributed by atoms with Crippen LogP contribution < -0.4 is 10.6 Å². The number of hydrogen-bond acceptors (Lipinski definition) is 5. The number of fused-ring (bicyclic) bond motifs is 3. The van der Waals surface area contributed by atoms with Gasteiger partial charge in [0.1, 0.15) is 6.61 Å². The molecule has 33 heavy (non-hydrogen) atoms. The van der Waals surface area contributed by atoms with Crippen LogP contribution >= 0.6 is 0 Å². The standard InChI is InChI=1S/C25H28N2O6/c1-15(11-22(28)29)26-23(30)25(2)14-32-13-21(25)27-24(31)33-12-20-18-9-5-3-7-16(18)17-8-4-6-10-19(17)20/h3-10,15,20-21H,11-14H2,1-2H3,(H,26,30)(H,27,31)(H,28,29)/t15-,21?,25?/m1/s1. The van der Waals surface area contributed by atoms with Crippen molar-refractivity contribution in [3.8, 4) is 11.1 Å². The molecule has 8 heteroatoms. The molecular formula is C25H28N2O6. The summed E-state index contributed by atoms with van der Waals surface area (Å²) >= 11 is 0. The fourth-order valence-electron chi connectivity index (χ4n) is 4.58. The SMILES string of the molecule is C[C@H](CC(=O)O)NC(=O)C1(C)COCC1NC(=O)OCC1c2ccccc2-c2ccccc21. The van der Waals surface area contributed by atoms with Gasteiger partial charge in [0.2, 0.25) is 5.91 Å². The van der Waals surface area contributed by atoms with Gasteiger partial charge in [-0.05, 0) is 36.1 Å². The Labute approximate surface area is 192 Å². The molecule has 0 saturated carbocycles. The molecule has 1 aliphatic carbocycles. The maximum absolute atomic E-state index is 12.8. The molecule has 0 aromatic heterocycles. The summed E-state index contributed by atoms with van der Waals surface area (Å²) in [7, 11) is 0. The zero-order valence-corrected chi connectivity index (χ0v) is 18.7. The first-order chi connectivity index (χ1) is 15.8. The zero-order valence-electron chi connectivity index (χ0n) is 18.7. The van der Waals surface area contributed by atoms with Crippen molar-refractivity contribution >= 4 is 18.0 Å². The van der Waals surface area contributed by atoms with E-state index in [9.17, 15) is 14.4 Å². The molecule has 2 aromatic carbocycles. The van der Waals surface area contributed by atoms with Crippen LogP contribution in [0.3, 0.4) is 0 Å². The molecule has 1 fully saturated rings. The first kappa shape index (κ1) is 22.8. The topological polar surface area (TPSA) is 114 Å². The number of carboxylic acid groups (broad SMARTS) is 1. The van der Waals surface area contributed by atoms with E-state index in [0.29, 0.717) is 0 Å². The Kier molecular flexibility index (Phi) is 6.37. The second-order valence-corrected chi connectivity index (χ2v) is 8.93. The van der Waals surface area contributed by atoms with Crippen LogP contribution in [0.25, 0.3) is 11.1 Å². The van der Waals surface area contributed by atoms with Gasteiger partial charge in [-0.2, -0.15) is 0 Å². The summed E-state index contributed by atoms with van der Waals surface area (Å²) in [4.78, 5) is 36.4. The van der Waals surface area contributed by atoms with Gasteiger partial charge in [-0.25, -0.2) is 4.79 Å². The van der Waals surface area contributed by atoms with Gasteiger partial charge >= 0.3 is 12.1 Å². The normalized spacial score (nSPS) is 22.2. The van der Waals surface area contributed by atoms with Crippen LogP contribution in [0, 0.1) is 5.41 Å². The third kappa shape index (κ3) is 4.57. The number of aliphatic carboxylic acids is 1. The Morgan fingerprint density at radius 2 is 1.73 bits per heavy atom. The van der Waals surface area contributed by atoms with Gasteiger partial charge in [0.05, 0.1) is 31.1 Å². The molecule has 0 spiro atoms. The van der Waals surface area contributed by atoms with Crippen molar-refractivity contribution in [3.63, 3.8) is 0 Å². The van der Waals surface area contributed by atoms with Crippen LogP contribution in [0.2, 0.25) is 0 Å². The lowest BCUT2D eigenvalue weighted by molar-refractivity contribution is -0.138. The number of alkyl carbamates (subject to hydrolysis) is 1. The van der Waals surface area contributed by atoms with Gasteiger partial charge < -0.3 is 25.2 Å². The molecule has 174 valence electrons. The quantitative estimate of drug-likeness (QED) is 0.595. The van der Waals surface area contributed by atoms with Gasteiger partial charge in [-0.3, -0.25) is 9.59 Å². The Balaban J connectivity index is 1.39. The van der Waals surface area contributed by atoms with E-state index < -0.39 is 29.6 Å². The maximum atomic E-state index is 12.8. The predicted octanol–water partition coefficient (Wildman–Crippen LogP) is 2.91. The summed E-state index contributed by atoms with van der Waals surface area (Å²) in [5.74, 6) is -1.42. The monoisotopic (exact) mass is 452 g/mol. The van der Waals surface area contributed by atoms with E-state index in [-0.39, 0.29) is 38.1 Å². The Hall–Kier alpha value is -3.39. The summed E-state index contributed by atoms with van der Waals surface area (Å²) in [6, 6.07) is 15.0. The number of hydrogen-bond donors (Lipinski definition) is 3. The largest absolute Gasteiger partial charge is 0.481 e. The van der Waals surface area contributed by atoms with Crippen molar-refractivity contribution in [3.05, 3.63) is 59.7 Å². The molecule has 8 nitrogen and oxygen atoms in total. The highest BCUT2D eigenvalue weighted by molar-refractivity contribution is 5.85. The van der Waals surface area contributed by atoms with Crippen molar-refractivity contribution in [2.45, 2.75) is 38.3 Å². The number of carbonyl (C=O) groups excluding carboxylic acids is 2. The van der Waals surface area contributed by atoms with Crippen molar-refractivity contribution in [1.29, 1.82) is 0 Å². The first-order valence-corrected chi connectivity index (χ1v) is 11.0. The van der Waals surface area contributed by atoms with Crippen molar-refractivity contribution in [1.82, 2.24) is 10.6 Å². The number of ether oxygens (including phenoxy) is 2. The highest BCUT2D eigenvalue weighted by Crippen LogP contribution is 2.44. The number of carbonyl (C=O) groups is 3. The van der Waals surface area contributed by atoms with Crippen molar-refractivity contribution in [2.75, 3.05) is 19.8 Å². The van der Waals surface area contributed by atoms with Gasteiger partial charge in [-0.1, -0.05) is 48.5 Å². The zero-order chi connectivity index (χ0) is 23.6. The fourth-order valence-corrected chi connectivity index (χ4v) is 4.58. The van der Waals surface area contributed by atoms with Gasteiger partial charge in [-0.15, -0.1) is 0 Å². The van der Waals surface area contributed by atoms with E-state index in [4.69, 9.17) is 14.6 Å². The van der Waals surface area contributed by atoms with E-state index in [1.807, 2.05) is 36.4 Å². The molecule has 2 aromatic rings. The molecule has 1 saturated heterocycles. The number of rotatable bonds is 7. The smallest absolute Gasteiger partial charge is 0.407 e. The van der Waals surface area contributed by atoms with Gasteiger partial charge in [0.15, 0.2) is 0 Å². The third-order valence-corrected chi connectivity index (χ3v) is 6.47. The predicted molar refractivity (Wildman–Crippen MR) is 121 cm³/mol. The Morgan fingerprint density at radius 1 is 1.12 bits per heavy atom. The van der Waals surface area contributed by atoms with E-state index in [2.05, 4.69) is 22.8 Å². The number of carboxylic acids is 1. The second-order valence-electron chi connectivity index (χ2n) is 8.93. The number of benzene rings is 2. The Bertz CT molecular complexity index is 1020. The minimum absolute atomic E-state index is 0.0606. The number of amides is 2. The maximum Gasteiger partial charge on any atom is 0.407 e. The Morgan fingerprint density at radius 3 is 2.33 bits per heavy atom. The second kappa shape index (κ2) is 9.23. The number of nitrogens with one attached hydrogen (secondary N) is 2. The minimum Gasteiger partial charge on any atom is -0.481 e. The molecule has 1 heterocycles. The molecule has 2 unspecified atom stereocenters. The molecule has 3 N–H and O–H groups in total. The summed E-state index contributed by atoms with van der Waals surface area (Å²) in [5.41, 5.74) is 3.50. The molecule has 2 aliphatic rings. The minimum atomic E-state index is -1.03. The fraction of sp³-hybridized carbons (Fsp3) is 0.400. The molecule has 2 amide bonds. The summed E-state index contributed by atoms with van der Waals surface area (Å²) in [6.45, 7) is 3.77. The lowest BCUT2D eigenvalue weighted by Gasteiger charge is -2.30. The van der Waals surface area contributed by atoms with E-state index in [1.165, 1.54) is 0 Å². The van der Waals surface area contributed by atoms with Crippen LogP contribution in [-0.2, 0) is 19.1 Å². The van der Waals surface area contributed by atoms with E-state index in [1.54, 1.807) is 13.8 Å². The third-order valence-electron chi connectivity index (χ3n) is 6.47. The van der Waals surface area contributed by atoms with Crippen LogP contribution in [0.4, 0.5) is 4.79 Å². The van der Waals surface area contributed by atoms with Crippen LogP contribution in [0.15, 0.2) is 48.5 Å². The van der Waals surface area contributed by atoms with Crippen LogP contribution in [-0.4, -0.2) is 55.0 Å². The highest BCUT2D eigenvalue weighted by Gasteiger charge is 2.47. The summed E-state index contributed by atoms with van der Waals surface area (Å²) in [5, 5.41) is 14.4. The van der Waals surface area contributed by atoms with Gasteiger partial charge in [0, 0.05) is 12.0 Å². The molecule has 1 aliphatic heterocycles. The van der Waals surface area contributed by atoms with Crippen molar-refractivity contribution in [2.24, 2.45) is 5.41 Å². The van der Waals surface area contributed by atoms with E-state index >= 15 is 0 Å². The van der Waals surface area contributed by atoms with Crippen molar-refractivity contribution < 1.29 is 29.0 Å². The van der Waals surface area contributed by atoms with Gasteiger partial charge in [0.25, 0.3) is 0 Å². The highest BCUT2D eigenvalue weighted by atomic mass is 16.5. The molecule has 3 atom stereocenters. The first-order valence-electron chi connectivity index (χ1n) is 11.0. The van der Waals surface area contributed by atoms with Crippen LogP contribution in [0.5, 0.6) is 0 Å². The lowest BCUT2D eigenvalue weighted by Crippen LogP contribution is -2.55. The molecule has 0 bridgehead atoms. The van der Waals surface area contributed by atoms with Crippen LogP contribution in [0.1, 0.15) is 37.3 Å². The van der Waals surface area contributed by atoms with E-state index in [0.717, 1.165) is 22.3 Å².